The summed E-state index contributed by atoms with van der Waals surface area (Å²) in [5.41, 5.74) is 3.40. The Kier molecular flexibility index (Phi) is 8.16. The molecule has 1 fully saturated rings. The maximum absolute atomic E-state index is 13.0. The fourth-order valence-corrected chi connectivity index (χ4v) is 3.61. The van der Waals surface area contributed by atoms with Gasteiger partial charge >= 0.3 is 6.61 Å². The lowest BCUT2D eigenvalue weighted by atomic mass is 10.1. The lowest BCUT2D eigenvalue weighted by Gasteiger charge is -2.25. The van der Waals surface area contributed by atoms with Crippen molar-refractivity contribution in [1.82, 2.24) is 4.90 Å². The molecule has 2 amide bonds. The van der Waals surface area contributed by atoms with Gasteiger partial charge in [-0.25, -0.2) is 0 Å². The molecular formula is C24H28F2N2O4. The molecule has 6 nitrogen and oxygen atoms in total. The third kappa shape index (κ3) is 6.75. The van der Waals surface area contributed by atoms with Crippen molar-refractivity contribution in [3.63, 3.8) is 0 Å². The first-order valence-corrected chi connectivity index (χ1v) is 10.6. The molecule has 0 aromatic heterocycles. The van der Waals surface area contributed by atoms with E-state index in [9.17, 15) is 18.4 Å². The first kappa shape index (κ1) is 23.7. The van der Waals surface area contributed by atoms with Crippen molar-refractivity contribution in [2.24, 2.45) is 0 Å². The maximum Gasteiger partial charge on any atom is 0.387 e. The number of hydrogen-bond acceptors (Lipinski definition) is 4. The monoisotopic (exact) mass is 446 g/mol. The molecule has 1 N–H and O–H groups in total. The highest BCUT2D eigenvalue weighted by atomic mass is 19.3. The van der Waals surface area contributed by atoms with Gasteiger partial charge in [0.25, 0.3) is 0 Å². The fourth-order valence-electron chi connectivity index (χ4n) is 3.61. The summed E-state index contributed by atoms with van der Waals surface area (Å²) in [6.07, 6.45) is 1.70. The van der Waals surface area contributed by atoms with Crippen LogP contribution in [0.25, 0.3) is 0 Å². The largest absolute Gasteiger partial charge is 0.435 e. The first-order chi connectivity index (χ1) is 15.3. The molecule has 1 unspecified atom stereocenters. The summed E-state index contributed by atoms with van der Waals surface area (Å²) in [5.74, 6) is -0.495. The summed E-state index contributed by atoms with van der Waals surface area (Å²) >= 11 is 0. The standard InChI is InChI=1S/C24H28F2N2O4/c1-16-5-3-7-21(17(16)2)27-22(29)15-28(14-20-6-4-12-31-20)23(30)13-18-8-10-19(11-9-18)32-24(25)26/h3,5,7-11,20,24H,4,6,12-15H2,1-2H3,(H,27,29). The summed E-state index contributed by atoms with van der Waals surface area (Å²) in [7, 11) is 0. The molecule has 0 bridgehead atoms. The minimum atomic E-state index is -2.90. The molecule has 1 aliphatic heterocycles. The molecule has 1 saturated heterocycles. The average Bonchev–Trinajstić information content (AvgIpc) is 3.25. The lowest BCUT2D eigenvalue weighted by Crippen LogP contribution is -2.43. The van der Waals surface area contributed by atoms with Gasteiger partial charge in [0, 0.05) is 18.8 Å². The highest BCUT2D eigenvalue weighted by Crippen LogP contribution is 2.19. The van der Waals surface area contributed by atoms with Crippen molar-refractivity contribution in [3.8, 4) is 5.75 Å². The van der Waals surface area contributed by atoms with Crippen molar-refractivity contribution in [2.75, 3.05) is 25.0 Å². The van der Waals surface area contributed by atoms with E-state index >= 15 is 0 Å². The summed E-state index contributed by atoms with van der Waals surface area (Å²) in [4.78, 5) is 27.2. The van der Waals surface area contributed by atoms with Crippen LogP contribution in [0, 0.1) is 13.8 Å². The van der Waals surface area contributed by atoms with Crippen LogP contribution in [0.4, 0.5) is 14.5 Å². The molecule has 1 aliphatic rings. The van der Waals surface area contributed by atoms with E-state index in [4.69, 9.17) is 4.74 Å². The molecule has 3 rings (SSSR count). The fraction of sp³-hybridized carbons (Fsp3) is 0.417. The highest BCUT2D eigenvalue weighted by Gasteiger charge is 2.25. The number of amides is 2. The van der Waals surface area contributed by atoms with Gasteiger partial charge in [0.15, 0.2) is 0 Å². The summed E-state index contributed by atoms with van der Waals surface area (Å²) in [6, 6.07) is 11.6. The molecule has 0 saturated carbocycles. The van der Waals surface area contributed by atoms with Gasteiger partial charge in [-0.1, -0.05) is 24.3 Å². The number of halogens is 2. The third-order valence-corrected chi connectivity index (χ3v) is 5.52. The number of alkyl halides is 2. The van der Waals surface area contributed by atoms with Crippen LogP contribution in [-0.4, -0.2) is 49.1 Å². The minimum absolute atomic E-state index is 0.0281. The summed E-state index contributed by atoms with van der Waals surface area (Å²) in [5, 5.41) is 2.89. The molecule has 1 heterocycles. The Bertz CT molecular complexity index is 928. The van der Waals surface area contributed by atoms with Crippen LogP contribution in [0.3, 0.4) is 0 Å². The van der Waals surface area contributed by atoms with Crippen LogP contribution in [0.5, 0.6) is 5.75 Å². The second-order valence-corrected chi connectivity index (χ2v) is 7.90. The Labute approximate surface area is 186 Å². The Morgan fingerprint density at radius 3 is 2.59 bits per heavy atom. The zero-order valence-corrected chi connectivity index (χ0v) is 18.3. The van der Waals surface area contributed by atoms with Gasteiger partial charge in [-0.3, -0.25) is 9.59 Å². The van der Waals surface area contributed by atoms with Crippen LogP contribution in [0.1, 0.15) is 29.5 Å². The number of anilines is 1. The number of hydrogen-bond donors (Lipinski definition) is 1. The number of carbonyl (C=O) groups excluding carboxylic acids is 2. The molecule has 1 atom stereocenters. The zero-order chi connectivity index (χ0) is 23.1. The second-order valence-electron chi connectivity index (χ2n) is 7.90. The number of aryl methyl sites for hydroxylation is 1. The van der Waals surface area contributed by atoms with Crippen LogP contribution < -0.4 is 10.1 Å². The van der Waals surface area contributed by atoms with Crippen molar-refractivity contribution >= 4 is 17.5 Å². The van der Waals surface area contributed by atoms with E-state index in [-0.39, 0.29) is 36.6 Å². The zero-order valence-electron chi connectivity index (χ0n) is 18.3. The molecule has 0 aliphatic carbocycles. The van der Waals surface area contributed by atoms with Crippen molar-refractivity contribution in [2.45, 2.75) is 45.8 Å². The Balaban J connectivity index is 1.66. The Hall–Kier alpha value is -3.00. The predicted octanol–water partition coefficient (Wildman–Crippen LogP) is 4.09. The predicted molar refractivity (Wildman–Crippen MR) is 117 cm³/mol. The third-order valence-electron chi connectivity index (χ3n) is 5.52. The van der Waals surface area contributed by atoms with E-state index in [1.807, 2.05) is 32.0 Å². The van der Waals surface area contributed by atoms with E-state index in [0.717, 1.165) is 24.0 Å². The molecule has 2 aromatic carbocycles. The van der Waals surface area contributed by atoms with Gasteiger partial charge in [0.2, 0.25) is 11.8 Å². The number of rotatable bonds is 9. The van der Waals surface area contributed by atoms with Gasteiger partial charge in [0.05, 0.1) is 19.1 Å². The van der Waals surface area contributed by atoms with Gasteiger partial charge in [0.1, 0.15) is 5.75 Å². The molecule has 172 valence electrons. The van der Waals surface area contributed by atoms with Gasteiger partial charge in [-0.15, -0.1) is 0 Å². The van der Waals surface area contributed by atoms with E-state index < -0.39 is 6.61 Å². The van der Waals surface area contributed by atoms with Crippen LogP contribution in [0.2, 0.25) is 0 Å². The van der Waals surface area contributed by atoms with E-state index in [1.165, 1.54) is 17.0 Å². The van der Waals surface area contributed by atoms with Crippen molar-refractivity contribution in [1.29, 1.82) is 0 Å². The summed E-state index contributed by atoms with van der Waals surface area (Å²) < 4.78 is 34.6. The SMILES string of the molecule is Cc1cccc(NC(=O)CN(CC2CCCO2)C(=O)Cc2ccc(OC(F)F)cc2)c1C. The summed E-state index contributed by atoms with van der Waals surface area (Å²) in [6.45, 7) is 1.87. The van der Waals surface area contributed by atoms with E-state index in [0.29, 0.717) is 24.4 Å². The van der Waals surface area contributed by atoms with Gasteiger partial charge < -0.3 is 19.7 Å². The maximum atomic E-state index is 13.0. The minimum Gasteiger partial charge on any atom is -0.435 e. The van der Waals surface area contributed by atoms with Crippen molar-refractivity contribution in [3.05, 3.63) is 59.2 Å². The van der Waals surface area contributed by atoms with Gasteiger partial charge in [-0.05, 0) is 61.6 Å². The smallest absolute Gasteiger partial charge is 0.387 e. The molecule has 8 heteroatoms. The number of ether oxygens (including phenoxy) is 2. The Morgan fingerprint density at radius 1 is 1.19 bits per heavy atom. The highest BCUT2D eigenvalue weighted by molar-refractivity contribution is 5.95. The second kappa shape index (κ2) is 11.0. The average molecular weight is 446 g/mol. The Morgan fingerprint density at radius 2 is 1.94 bits per heavy atom. The van der Waals surface area contributed by atoms with Crippen molar-refractivity contribution < 1.29 is 27.8 Å². The molecule has 2 aromatic rings. The van der Waals surface area contributed by atoms with E-state index in [2.05, 4.69) is 10.1 Å². The van der Waals surface area contributed by atoms with E-state index in [1.54, 1.807) is 12.1 Å². The number of carbonyl (C=O) groups is 2. The number of nitrogens with zero attached hydrogens (tertiary/aromatic N) is 1. The molecule has 0 spiro atoms. The number of benzene rings is 2. The quantitative estimate of drug-likeness (QED) is 0.630. The molecule has 0 radical (unpaired) electrons. The lowest BCUT2D eigenvalue weighted by molar-refractivity contribution is -0.135. The normalized spacial score (nSPS) is 15.6. The van der Waals surface area contributed by atoms with Gasteiger partial charge in [-0.2, -0.15) is 8.78 Å². The topological polar surface area (TPSA) is 67.9 Å². The van der Waals surface area contributed by atoms with Crippen LogP contribution in [-0.2, 0) is 20.7 Å². The molecular weight excluding hydrogens is 418 g/mol. The first-order valence-electron chi connectivity index (χ1n) is 10.6. The number of nitrogens with one attached hydrogen (secondary N) is 1. The van der Waals surface area contributed by atoms with Crippen LogP contribution >= 0.6 is 0 Å². The molecule has 32 heavy (non-hydrogen) atoms. The van der Waals surface area contributed by atoms with Crippen LogP contribution in [0.15, 0.2) is 42.5 Å².